The van der Waals surface area contributed by atoms with Crippen molar-refractivity contribution >= 4 is 23.6 Å². The highest BCUT2D eigenvalue weighted by atomic mass is 19.1. The second-order valence-electron chi connectivity index (χ2n) is 6.58. The number of Topliss-reactive ketones (excluding diaryl/α,β-unsaturated/α-hetero) is 1. The average Bonchev–Trinajstić information content (AvgIpc) is 2.70. The molecule has 0 spiro atoms. The summed E-state index contributed by atoms with van der Waals surface area (Å²) >= 11 is 0. The molecule has 2 aromatic rings. The summed E-state index contributed by atoms with van der Waals surface area (Å²) in [5.41, 5.74) is 2.08. The van der Waals surface area contributed by atoms with Gasteiger partial charge in [0.15, 0.2) is 11.7 Å². The van der Waals surface area contributed by atoms with Gasteiger partial charge >= 0.3 is 5.97 Å². The molecule has 2 N–H and O–H groups in total. The largest absolute Gasteiger partial charge is 0.480 e. The molecule has 2 amide bonds. The summed E-state index contributed by atoms with van der Waals surface area (Å²) in [5, 5.41) is 10.7. The number of hydrogen-bond acceptors (Lipinski definition) is 5. The quantitative estimate of drug-likeness (QED) is 0.700. The molecule has 1 aromatic carbocycles. The smallest absolute Gasteiger partial charge is 0.322 e. The van der Waals surface area contributed by atoms with Gasteiger partial charge in [-0.05, 0) is 35.9 Å². The molecule has 0 radical (unpaired) electrons. The number of hydrogen-bond donors (Lipinski definition) is 2. The van der Waals surface area contributed by atoms with Crippen molar-refractivity contribution < 1.29 is 28.7 Å². The number of carbonyl (C=O) groups is 4. The molecule has 1 unspecified atom stereocenters. The van der Waals surface area contributed by atoms with Crippen molar-refractivity contribution in [2.24, 2.45) is 5.92 Å². The minimum atomic E-state index is -1.53. The number of amides is 2. The lowest BCUT2D eigenvalue weighted by Gasteiger charge is -2.30. The van der Waals surface area contributed by atoms with Crippen LogP contribution in [0.3, 0.4) is 0 Å². The predicted molar refractivity (Wildman–Crippen MR) is 98.8 cm³/mol. The Bertz CT molecular complexity index is 944. The number of rotatable bonds is 6. The molecule has 9 heteroatoms. The van der Waals surface area contributed by atoms with Crippen molar-refractivity contribution in [2.45, 2.75) is 13.0 Å². The lowest BCUT2D eigenvalue weighted by molar-refractivity contribution is -0.152. The molecule has 1 aromatic heterocycles. The number of nitrogens with one attached hydrogen (secondary N) is 1. The van der Waals surface area contributed by atoms with E-state index in [4.69, 9.17) is 5.11 Å². The number of aromatic nitrogens is 1. The minimum absolute atomic E-state index is 0.0119. The molecule has 1 aliphatic heterocycles. The number of nitrogens with zero attached hydrogens (tertiary/aromatic N) is 2. The maximum Gasteiger partial charge on any atom is 0.322 e. The molecule has 3 rings (SSSR count). The van der Waals surface area contributed by atoms with Gasteiger partial charge in [0.05, 0.1) is 5.69 Å². The zero-order valence-corrected chi connectivity index (χ0v) is 15.3. The number of pyridine rings is 1. The van der Waals surface area contributed by atoms with Crippen molar-refractivity contribution in [3.05, 3.63) is 54.0 Å². The molecule has 0 aliphatic carbocycles. The van der Waals surface area contributed by atoms with Crippen molar-refractivity contribution in [1.29, 1.82) is 0 Å². The zero-order valence-electron chi connectivity index (χ0n) is 15.3. The third-order valence-corrected chi connectivity index (χ3v) is 4.52. The van der Waals surface area contributed by atoms with Crippen LogP contribution in [0.1, 0.15) is 12.0 Å². The van der Waals surface area contributed by atoms with Crippen LogP contribution in [0.5, 0.6) is 0 Å². The summed E-state index contributed by atoms with van der Waals surface area (Å²) in [6, 6.07) is 9.39. The first kappa shape index (κ1) is 20.1. The number of benzene rings is 1. The molecule has 2 heterocycles. The summed E-state index contributed by atoms with van der Waals surface area (Å²) in [4.78, 5) is 52.9. The van der Waals surface area contributed by atoms with Crippen molar-refractivity contribution in [3.63, 3.8) is 0 Å². The summed E-state index contributed by atoms with van der Waals surface area (Å²) < 4.78 is 13.0. The Balaban J connectivity index is 1.68. The van der Waals surface area contributed by atoms with Gasteiger partial charge in [0.1, 0.15) is 12.4 Å². The van der Waals surface area contributed by atoms with Gasteiger partial charge in [-0.1, -0.05) is 6.07 Å². The first-order valence-electron chi connectivity index (χ1n) is 8.87. The first-order chi connectivity index (χ1) is 13.8. The number of ketones is 1. The zero-order chi connectivity index (χ0) is 21.0. The first-order valence-corrected chi connectivity index (χ1v) is 8.87. The van der Waals surface area contributed by atoms with E-state index in [0.717, 1.165) is 5.56 Å². The molecule has 1 aliphatic rings. The molecule has 0 saturated carbocycles. The van der Waals surface area contributed by atoms with Crippen LogP contribution in [0.4, 0.5) is 4.39 Å². The van der Waals surface area contributed by atoms with E-state index in [1.165, 1.54) is 17.0 Å². The number of carboxylic acids is 1. The van der Waals surface area contributed by atoms with Crippen LogP contribution in [0, 0.1) is 11.7 Å². The lowest BCUT2D eigenvalue weighted by atomic mass is 9.94. The van der Waals surface area contributed by atoms with Gasteiger partial charge in [-0.25, -0.2) is 4.39 Å². The van der Waals surface area contributed by atoms with Gasteiger partial charge in [-0.3, -0.25) is 24.2 Å². The van der Waals surface area contributed by atoms with Crippen molar-refractivity contribution in [3.8, 4) is 11.3 Å². The summed E-state index contributed by atoms with van der Waals surface area (Å²) in [6.45, 7) is -0.337. The number of carboxylic acid groups (broad SMARTS) is 1. The van der Waals surface area contributed by atoms with E-state index in [1.807, 2.05) is 0 Å². The fourth-order valence-corrected chi connectivity index (χ4v) is 3.03. The van der Waals surface area contributed by atoms with Gasteiger partial charge in [0.25, 0.3) is 0 Å². The van der Waals surface area contributed by atoms with Gasteiger partial charge < -0.3 is 15.3 Å². The predicted octanol–water partition coefficient (Wildman–Crippen LogP) is 1.01. The molecule has 1 atom stereocenters. The Kier molecular flexibility index (Phi) is 5.96. The van der Waals surface area contributed by atoms with Gasteiger partial charge in [-0.2, -0.15) is 0 Å². The van der Waals surface area contributed by atoms with Crippen LogP contribution in [0.2, 0.25) is 0 Å². The minimum Gasteiger partial charge on any atom is -0.480 e. The van der Waals surface area contributed by atoms with E-state index in [2.05, 4.69) is 10.3 Å². The molecule has 1 saturated heterocycles. The molecule has 8 nitrogen and oxygen atoms in total. The SMILES string of the molecule is O=C(O)CNC(=O)C1C(=O)CCN(Cc2ccc(-c3ccc(F)cc3)nc2)C1=O. The van der Waals surface area contributed by atoms with E-state index in [-0.39, 0.29) is 25.3 Å². The van der Waals surface area contributed by atoms with Crippen LogP contribution >= 0.6 is 0 Å². The number of aliphatic carboxylic acids is 1. The van der Waals surface area contributed by atoms with Gasteiger partial charge in [0, 0.05) is 31.3 Å². The summed E-state index contributed by atoms with van der Waals surface area (Å²) in [7, 11) is 0. The lowest BCUT2D eigenvalue weighted by Crippen LogP contribution is -2.52. The summed E-state index contributed by atoms with van der Waals surface area (Å²) in [6.07, 6.45) is 1.58. The Hall–Kier alpha value is -3.62. The van der Waals surface area contributed by atoms with E-state index >= 15 is 0 Å². The third-order valence-electron chi connectivity index (χ3n) is 4.52. The monoisotopic (exact) mass is 399 g/mol. The van der Waals surface area contributed by atoms with Gasteiger partial charge in [0.2, 0.25) is 11.8 Å². The van der Waals surface area contributed by atoms with E-state index < -0.39 is 36.0 Å². The maximum absolute atomic E-state index is 13.0. The fraction of sp³-hybridized carbons (Fsp3) is 0.250. The van der Waals surface area contributed by atoms with Crippen LogP contribution in [0.15, 0.2) is 42.6 Å². The normalized spacial score (nSPS) is 16.6. The molecule has 150 valence electrons. The van der Waals surface area contributed by atoms with Gasteiger partial charge in [-0.15, -0.1) is 0 Å². The van der Waals surface area contributed by atoms with E-state index in [1.54, 1.807) is 30.5 Å². The highest BCUT2D eigenvalue weighted by Gasteiger charge is 2.40. The highest BCUT2D eigenvalue weighted by Crippen LogP contribution is 2.20. The van der Waals surface area contributed by atoms with Crippen LogP contribution < -0.4 is 5.32 Å². The Morgan fingerprint density at radius 1 is 1.17 bits per heavy atom. The summed E-state index contributed by atoms with van der Waals surface area (Å²) in [5.74, 6) is -5.24. The Labute approximate surface area is 165 Å². The molecule has 0 bridgehead atoms. The topological polar surface area (TPSA) is 117 Å². The van der Waals surface area contributed by atoms with E-state index in [0.29, 0.717) is 11.3 Å². The number of halogens is 1. The number of piperidine rings is 1. The standard InChI is InChI=1S/C20H18FN3O5/c21-14-4-2-13(3-5-14)15-6-1-12(9-22-15)11-24-8-7-16(25)18(20(24)29)19(28)23-10-17(26)27/h1-6,9,18H,7-8,10-11H2,(H,23,28)(H,26,27). The van der Waals surface area contributed by atoms with E-state index in [9.17, 15) is 23.6 Å². The van der Waals surface area contributed by atoms with Crippen LogP contribution in [0.25, 0.3) is 11.3 Å². The maximum atomic E-state index is 13.0. The molecule has 1 fully saturated rings. The molecular weight excluding hydrogens is 381 g/mol. The second kappa shape index (κ2) is 8.59. The molecule has 29 heavy (non-hydrogen) atoms. The fourth-order valence-electron chi connectivity index (χ4n) is 3.03. The Morgan fingerprint density at radius 3 is 2.52 bits per heavy atom. The van der Waals surface area contributed by atoms with Crippen LogP contribution in [-0.2, 0) is 25.7 Å². The number of likely N-dealkylation sites (tertiary alicyclic amines) is 1. The second-order valence-corrected chi connectivity index (χ2v) is 6.58. The molecular formula is C20H18FN3O5. The number of carbonyl (C=O) groups excluding carboxylic acids is 3. The Morgan fingerprint density at radius 2 is 1.90 bits per heavy atom. The van der Waals surface area contributed by atoms with Crippen molar-refractivity contribution in [1.82, 2.24) is 15.2 Å². The average molecular weight is 399 g/mol. The third kappa shape index (κ3) is 4.81. The van der Waals surface area contributed by atoms with Crippen LogP contribution in [-0.4, -0.2) is 51.6 Å². The highest BCUT2D eigenvalue weighted by molar-refractivity contribution is 6.19. The van der Waals surface area contributed by atoms with Crippen molar-refractivity contribution in [2.75, 3.05) is 13.1 Å².